The van der Waals surface area contributed by atoms with Gasteiger partial charge in [0.1, 0.15) is 5.82 Å². The van der Waals surface area contributed by atoms with E-state index in [0.717, 1.165) is 5.69 Å². The van der Waals surface area contributed by atoms with Gasteiger partial charge in [-0.1, -0.05) is 18.2 Å². The summed E-state index contributed by atoms with van der Waals surface area (Å²) in [5, 5.41) is 10.9. The van der Waals surface area contributed by atoms with E-state index in [4.69, 9.17) is 5.73 Å². The Morgan fingerprint density at radius 1 is 1.14 bits per heavy atom. The number of nitrogens with two attached hydrogens (primary N) is 1. The standard InChI is InChI=1S/C14H12N6O/c15-13-11(7-4-8-16-13)18-14(21)12-9-17-20(19-12)10-5-2-1-3-6-10/h1-9H,(H2,15,16)(H,18,21). The predicted octanol–water partition coefficient (Wildman–Crippen LogP) is 1.50. The van der Waals surface area contributed by atoms with Crippen molar-refractivity contribution in [3.8, 4) is 5.69 Å². The Bertz CT molecular complexity index is 768. The lowest BCUT2D eigenvalue weighted by Crippen LogP contribution is -2.14. The lowest BCUT2D eigenvalue weighted by atomic mass is 10.3. The molecule has 0 radical (unpaired) electrons. The molecule has 0 saturated heterocycles. The van der Waals surface area contributed by atoms with E-state index in [2.05, 4.69) is 20.5 Å². The predicted molar refractivity (Wildman–Crippen MR) is 78.0 cm³/mol. The van der Waals surface area contributed by atoms with Gasteiger partial charge in [-0.2, -0.15) is 9.90 Å². The molecule has 0 unspecified atom stereocenters. The van der Waals surface area contributed by atoms with E-state index >= 15 is 0 Å². The van der Waals surface area contributed by atoms with Crippen molar-refractivity contribution < 1.29 is 4.79 Å². The van der Waals surface area contributed by atoms with Crippen LogP contribution in [0, 0.1) is 0 Å². The molecule has 0 bridgehead atoms. The molecule has 3 rings (SSSR count). The summed E-state index contributed by atoms with van der Waals surface area (Å²) < 4.78 is 0. The van der Waals surface area contributed by atoms with Crippen molar-refractivity contribution in [2.75, 3.05) is 11.1 Å². The number of nitrogens with one attached hydrogen (secondary N) is 1. The van der Waals surface area contributed by atoms with Gasteiger partial charge in [0.15, 0.2) is 5.69 Å². The monoisotopic (exact) mass is 280 g/mol. The minimum atomic E-state index is -0.392. The summed E-state index contributed by atoms with van der Waals surface area (Å²) in [7, 11) is 0. The number of rotatable bonds is 3. The van der Waals surface area contributed by atoms with E-state index in [1.165, 1.54) is 11.0 Å². The van der Waals surface area contributed by atoms with E-state index in [1.54, 1.807) is 18.3 Å². The lowest BCUT2D eigenvalue weighted by Gasteiger charge is -2.04. The number of nitrogens with zero attached hydrogens (tertiary/aromatic N) is 4. The normalized spacial score (nSPS) is 10.3. The highest BCUT2D eigenvalue weighted by Crippen LogP contribution is 2.14. The molecule has 2 heterocycles. The van der Waals surface area contributed by atoms with Crippen LogP contribution in [0.25, 0.3) is 5.69 Å². The fourth-order valence-electron chi connectivity index (χ4n) is 1.76. The van der Waals surface area contributed by atoms with Crippen LogP contribution in [0.1, 0.15) is 10.5 Å². The van der Waals surface area contributed by atoms with Crippen LogP contribution >= 0.6 is 0 Å². The summed E-state index contributed by atoms with van der Waals surface area (Å²) in [4.78, 5) is 17.4. The van der Waals surface area contributed by atoms with Gasteiger partial charge in [0.25, 0.3) is 5.91 Å². The highest BCUT2D eigenvalue weighted by atomic mass is 16.2. The third-order valence-corrected chi connectivity index (χ3v) is 2.80. The number of hydrogen-bond donors (Lipinski definition) is 2. The van der Waals surface area contributed by atoms with Crippen molar-refractivity contribution in [2.24, 2.45) is 0 Å². The first-order valence-electron chi connectivity index (χ1n) is 6.23. The molecule has 7 nitrogen and oxygen atoms in total. The van der Waals surface area contributed by atoms with Crippen LogP contribution in [0.2, 0.25) is 0 Å². The quantitative estimate of drug-likeness (QED) is 0.757. The van der Waals surface area contributed by atoms with E-state index < -0.39 is 5.91 Å². The second-order valence-electron chi connectivity index (χ2n) is 4.25. The largest absolute Gasteiger partial charge is 0.382 e. The van der Waals surface area contributed by atoms with Crippen molar-refractivity contribution in [1.82, 2.24) is 20.0 Å². The van der Waals surface area contributed by atoms with Gasteiger partial charge in [-0.05, 0) is 24.3 Å². The molecule has 1 amide bonds. The van der Waals surface area contributed by atoms with Crippen LogP contribution in [-0.4, -0.2) is 25.9 Å². The summed E-state index contributed by atoms with van der Waals surface area (Å²) in [6.07, 6.45) is 2.95. The van der Waals surface area contributed by atoms with Crippen molar-refractivity contribution in [3.63, 3.8) is 0 Å². The minimum Gasteiger partial charge on any atom is -0.382 e. The first-order chi connectivity index (χ1) is 10.2. The number of para-hydroxylation sites is 1. The van der Waals surface area contributed by atoms with E-state index in [-0.39, 0.29) is 11.5 Å². The molecule has 0 aliphatic carbocycles. The molecule has 0 aliphatic heterocycles. The summed E-state index contributed by atoms with van der Waals surface area (Å²) in [5.41, 5.74) is 7.09. The Morgan fingerprint density at radius 3 is 2.71 bits per heavy atom. The molecule has 0 saturated carbocycles. The molecule has 3 N–H and O–H groups in total. The zero-order chi connectivity index (χ0) is 14.7. The molecule has 21 heavy (non-hydrogen) atoms. The lowest BCUT2D eigenvalue weighted by molar-refractivity contribution is 0.102. The number of carbonyl (C=O) groups is 1. The van der Waals surface area contributed by atoms with Gasteiger partial charge in [-0.3, -0.25) is 4.79 Å². The number of aromatic nitrogens is 4. The summed E-state index contributed by atoms with van der Waals surface area (Å²) in [6, 6.07) is 12.7. The number of hydrogen-bond acceptors (Lipinski definition) is 5. The zero-order valence-corrected chi connectivity index (χ0v) is 11.0. The SMILES string of the molecule is Nc1ncccc1NC(=O)c1cnn(-c2ccccc2)n1. The summed E-state index contributed by atoms with van der Waals surface area (Å²) in [5.74, 6) is -0.141. The molecule has 3 aromatic rings. The van der Waals surface area contributed by atoms with E-state index in [1.807, 2.05) is 30.3 Å². The highest BCUT2D eigenvalue weighted by Gasteiger charge is 2.13. The number of benzene rings is 1. The van der Waals surface area contributed by atoms with E-state index in [0.29, 0.717) is 5.69 Å². The Hall–Kier alpha value is -3.22. The molecule has 0 spiro atoms. The van der Waals surface area contributed by atoms with Crippen molar-refractivity contribution in [1.29, 1.82) is 0 Å². The molecule has 104 valence electrons. The number of anilines is 2. The summed E-state index contributed by atoms with van der Waals surface area (Å²) in [6.45, 7) is 0. The second-order valence-corrected chi connectivity index (χ2v) is 4.25. The molecule has 0 atom stereocenters. The van der Waals surface area contributed by atoms with E-state index in [9.17, 15) is 4.79 Å². The average Bonchev–Trinajstić information content (AvgIpc) is 3.00. The highest BCUT2D eigenvalue weighted by molar-refractivity contribution is 6.03. The molecule has 0 aliphatic rings. The fourth-order valence-corrected chi connectivity index (χ4v) is 1.76. The molecule has 2 aromatic heterocycles. The smallest absolute Gasteiger partial charge is 0.277 e. The van der Waals surface area contributed by atoms with Gasteiger partial charge < -0.3 is 11.1 Å². The van der Waals surface area contributed by atoms with Gasteiger partial charge in [0.2, 0.25) is 0 Å². The Labute approximate surface area is 120 Å². The molecule has 0 fully saturated rings. The first kappa shape index (κ1) is 12.8. The second kappa shape index (κ2) is 5.41. The zero-order valence-electron chi connectivity index (χ0n) is 11.0. The third-order valence-electron chi connectivity index (χ3n) is 2.80. The fraction of sp³-hybridized carbons (Fsp3) is 0. The van der Waals surface area contributed by atoms with Gasteiger partial charge in [0.05, 0.1) is 17.6 Å². The number of carbonyl (C=O) groups excluding carboxylic acids is 1. The maximum absolute atomic E-state index is 12.1. The van der Waals surface area contributed by atoms with Crippen molar-refractivity contribution >= 4 is 17.4 Å². The number of nitrogen functional groups attached to an aromatic ring is 1. The van der Waals surface area contributed by atoms with Crippen LogP contribution in [-0.2, 0) is 0 Å². The van der Waals surface area contributed by atoms with Crippen LogP contribution in [0.15, 0.2) is 54.9 Å². The first-order valence-corrected chi connectivity index (χ1v) is 6.23. The topological polar surface area (TPSA) is 98.7 Å². The molecule has 7 heteroatoms. The average molecular weight is 280 g/mol. The molecular formula is C14H12N6O. The van der Waals surface area contributed by atoms with Gasteiger partial charge in [0, 0.05) is 6.20 Å². The van der Waals surface area contributed by atoms with Crippen LogP contribution in [0.4, 0.5) is 11.5 Å². The Balaban J connectivity index is 1.80. The Kier molecular flexibility index (Phi) is 3.30. The maximum atomic E-state index is 12.1. The minimum absolute atomic E-state index is 0.196. The van der Waals surface area contributed by atoms with Crippen molar-refractivity contribution in [3.05, 3.63) is 60.6 Å². The van der Waals surface area contributed by atoms with Gasteiger partial charge >= 0.3 is 0 Å². The number of pyridine rings is 1. The Morgan fingerprint density at radius 2 is 1.95 bits per heavy atom. The molecule has 1 aromatic carbocycles. The third kappa shape index (κ3) is 2.71. The molecular weight excluding hydrogens is 268 g/mol. The van der Waals surface area contributed by atoms with Gasteiger partial charge in [-0.15, -0.1) is 5.10 Å². The number of amides is 1. The maximum Gasteiger partial charge on any atom is 0.277 e. The van der Waals surface area contributed by atoms with Gasteiger partial charge in [-0.25, -0.2) is 4.98 Å². The van der Waals surface area contributed by atoms with Crippen LogP contribution in [0.5, 0.6) is 0 Å². The van der Waals surface area contributed by atoms with Crippen LogP contribution < -0.4 is 11.1 Å². The summed E-state index contributed by atoms with van der Waals surface area (Å²) >= 11 is 0. The van der Waals surface area contributed by atoms with Crippen LogP contribution in [0.3, 0.4) is 0 Å². The van der Waals surface area contributed by atoms with Crippen molar-refractivity contribution in [2.45, 2.75) is 0 Å².